The number of aromatic nitrogens is 3. The van der Waals surface area contributed by atoms with Crippen molar-refractivity contribution >= 4 is 39.9 Å². The average Bonchev–Trinajstić information content (AvgIpc) is 3.39. The molecule has 7 nitrogen and oxygen atoms in total. The first-order chi connectivity index (χ1) is 15.6. The topological polar surface area (TPSA) is 91.5 Å². The normalized spacial score (nSPS) is 12.6. The molecule has 0 fully saturated rings. The Hall–Kier alpha value is -3.97. The highest BCUT2D eigenvalue weighted by atomic mass is 16.4. The second-order valence-corrected chi connectivity index (χ2v) is 7.77. The first-order valence-corrected chi connectivity index (χ1v) is 10.4. The molecule has 160 valence electrons. The summed E-state index contributed by atoms with van der Waals surface area (Å²) in [5, 5.41) is 24.9. The number of aliphatic hydroxyl groups excluding tert-OH is 1. The zero-order valence-electron chi connectivity index (χ0n) is 17.6. The van der Waals surface area contributed by atoms with Crippen molar-refractivity contribution in [3.63, 3.8) is 0 Å². The van der Waals surface area contributed by atoms with Crippen LogP contribution < -0.4 is 4.90 Å². The van der Waals surface area contributed by atoms with Crippen LogP contribution in [-0.4, -0.2) is 44.6 Å². The molecule has 7 heteroatoms. The van der Waals surface area contributed by atoms with E-state index in [0.717, 1.165) is 33.5 Å². The Bertz CT molecular complexity index is 1360. The number of aliphatic hydroxyl groups is 1. The number of hydrogen-bond acceptors (Lipinski definition) is 5. The number of pyridine rings is 1. The molecule has 0 spiro atoms. The maximum atomic E-state index is 11.6. The van der Waals surface area contributed by atoms with Crippen molar-refractivity contribution in [3.8, 4) is 0 Å². The van der Waals surface area contributed by atoms with Crippen LogP contribution in [0.4, 0.5) is 11.4 Å². The minimum Gasteiger partial charge on any atom is -0.478 e. The number of carboxylic acid groups (broad SMARTS) is 1. The standard InChI is InChI=1S/C25H22N4O3/c1-28(17-5-3-2-4-6-17)18-7-8-20-23(15-18)27-29(11-12-30)24(20)16-13-21-19(25(31)32)9-10-26-22(21)14-16/h2-10,14-15,30H,11-13H2,1H3,(H,31,32). The molecule has 4 aromatic rings. The van der Waals surface area contributed by atoms with E-state index in [1.54, 1.807) is 4.68 Å². The highest BCUT2D eigenvalue weighted by molar-refractivity contribution is 6.01. The summed E-state index contributed by atoms with van der Waals surface area (Å²) >= 11 is 0. The van der Waals surface area contributed by atoms with Gasteiger partial charge in [-0.05, 0) is 53.6 Å². The first kappa shape index (κ1) is 20.0. The third-order valence-electron chi connectivity index (χ3n) is 5.87. The van der Waals surface area contributed by atoms with Crippen LogP contribution in [0.25, 0.3) is 22.6 Å². The van der Waals surface area contributed by atoms with Gasteiger partial charge in [0.15, 0.2) is 0 Å². The molecule has 0 amide bonds. The number of anilines is 2. The molecule has 0 bridgehead atoms. The predicted octanol–water partition coefficient (Wildman–Crippen LogP) is 3.99. The van der Waals surface area contributed by atoms with Gasteiger partial charge in [-0.25, -0.2) is 4.79 Å². The van der Waals surface area contributed by atoms with Crippen molar-refractivity contribution in [2.75, 3.05) is 18.6 Å². The Balaban J connectivity index is 1.58. The van der Waals surface area contributed by atoms with Gasteiger partial charge in [0.2, 0.25) is 0 Å². The van der Waals surface area contributed by atoms with Crippen molar-refractivity contribution < 1.29 is 15.0 Å². The van der Waals surface area contributed by atoms with E-state index in [4.69, 9.17) is 5.10 Å². The maximum absolute atomic E-state index is 11.6. The number of para-hydroxylation sites is 1. The zero-order valence-corrected chi connectivity index (χ0v) is 17.6. The quantitative estimate of drug-likeness (QED) is 0.485. The van der Waals surface area contributed by atoms with Crippen LogP contribution in [0.15, 0.2) is 60.8 Å². The van der Waals surface area contributed by atoms with Crippen LogP contribution in [0, 0.1) is 0 Å². The molecule has 0 atom stereocenters. The molecule has 5 rings (SSSR count). The highest BCUT2D eigenvalue weighted by Gasteiger charge is 2.25. The van der Waals surface area contributed by atoms with Crippen LogP contribution in [-0.2, 0) is 13.0 Å². The second kappa shape index (κ2) is 7.94. The molecule has 32 heavy (non-hydrogen) atoms. The van der Waals surface area contributed by atoms with E-state index in [0.29, 0.717) is 24.2 Å². The lowest BCUT2D eigenvalue weighted by molar-refractivity contribution is 0.0695. The lowest BCUT2D eigenvalue weighted by atomic mass is 10.0. The van der Waals surface area contributed by atoms with Gasteiger partial charge < -0.3 is 15.1 Å². The Morgan fingerprint density at radius 1 is 1.12 bits per heavy atom. The number of nitrogens with zero attached hydrogens (tertiary/aromatic N) is 4. The molecular weight excluding hydrogens is 404 g/mol. The van der Waals surface area contributed by atoms with Gasteiger partial charge in [-0.15, -0.1) is 0 Å². The van der Waals surface area contributed by atoms with Gasteiger partial charge in [0, 0.05) is 36.4 Å². The van der Waals surface area contributed by atoms with Gasteiger partial charge >= 0.3 is 5.97 Å². The summed E-state index contributed by atoms with van der Waals surface area (Å²) in [6, 6.07) is 17.7. The van der Waals surface area contributed by atoms with Crippen LogP contribution in [0.5, 0.6) is 0 Å². The van der Waals surface area contributed by atoms with Gasteiger partial charge in [-0.1, -0.05) is 18.2 Å². The lowest BCUT2D eigenvalue weighted by Gasteiger charge is -2.19. The second-order valence-electron chi connectivity index (χ2n) is 7.77. The molecule has 0 radical (unpaired) electrons. The van der Waals surface area contributed by atoms with E-state index in [2.05, 4.69) is 9.88 Å². The van der Waals surface area contributed by atoms with E-state index in [-0.39, 0.29) is 12.2 Å². The van der Waals surface area contributed by atoms with Crippen LogP contribution in [0.3, 0.4) is 0 Å². The van der Waals surface area contributed by atoms with E-state index >= 15 is 0 Å². The fourth-order valence-corrected chi connectivity index (χ4v) is 4.30. The van der Waals surface area contributed by atoms with Crippen molar-refractivity contribution in [2.24, 2.45) is 0 Å². The summed E-state index contributed by atoms with van der Waals surface area (Å²) in [6.07, 6.45) is 3.91. The molecule has 2 N–H and O–H groups in total. The summed E-state index contributed by atoms with van der Waals surface area (Å²) in [5.41, 5.74) is 6.37. The molecule has 0 saturated heterocycles. The summed E-state index contributed by atoms with van der Waals surface area (Å²) in [4.78, 5) is 18.1. The minimum atomic E-state index is -0.958. The molecule has 1 aliphatic carbocycles. The molecule has 2 aromatic carbocycles. The monoisotopic (exact) mass is 426 g/mol. The predicted molar refractivity (Wildman–Crippen MR) is 124 cm³/mol. The zero-order chi connectivity index (χ0) is 22.2. The highest BCUT2D eigenvalue weighted by Crippen LogP contribution is 2.37. The number of hydrogen-bond donors (Lipinski definition) is 2. The van der Waals surface area contributed by atoms with Crippen LogP contribution in [0.2, 0.25) is 0 Å². The Kier molecular flexibility index (Phi) is 4.95. The Labute approximate surface area is 184 Å². The number of carboxylic acids is 1. The fraction of sp³-hybridized carbons (Fsp3) is 0.160. The number of allylic oxidation sites excluding steroid dienone is 1. The van der Waals surface area contributed by atoms with Crippen molar-refractivity contribution in [2.45, 2.75) is 13.0 Å². The van der Waals surface area contributed by atoms with Crippen LogP contribution in [0.1, 0.15) is 27.3 Å². The molecule has 0 aliphatic heterocycles. The lowest BCUT2D eigenvalue weighted by Crippen LogP contribution is -2.08. The summed E-state index contributed by atoms with van der Waals surface area (Å²) in [7, 11) is 2.01. The summed E-state index contributed by atoms with van der Waals surface area (Å²) in [5.74, 6) is -0.958. The fourth-order valence-electron chi connectivity index (χ4n) is 4.30. The van der Waals surface area contributed by atoms with Gasteiger partial charge in [-0.3, -0.25) is 9.67 Å². The SMILES string of the molecule is CN(c1ccccc1)c1ccc2c(C3=Cc4nccc(C(=O)O)c4C3)n(CCO)nc2c1. The largest absolute Gasteiger partial charge is 0.478 e. The van der Waals surface area contributed by atoms with Crippen molar-refractivity contribution in [3.05, 3.63) is 83.3 Å². The molecule has 0 unspecified atom stereocenters. The van der Waals surface area contributed by atoms with Gasteiger partial charge in [0.1, 0.15) is 0 Å². The van der Waals surface area contributed by atoms with E-state index < -0.39 is 5.97 Å². The van der Waals surface area contributed by atoms with E-state index in [1.165, 1.54) is 12.3 Å². The number of rotatable bonds is 6. The third kappa shape index (κ3) is 3.33. The first-order valence-electron chi connectivity index (χ1n) is 10.4. The Morgan fingerprint density at radius 3 is 2.69 bits per heavy atom. The van der Waals surface area contributed by atoms with Crippen LogP contribution >= 0.6 is 0 Å². The third-order valence-corrected chi connectivity index (χ3v) is 5.87. The Morgan fingerprint density at radius 2 is 1.94 bits per heavy atom. The van der Waals surface area contributed by atoms with E-state index in [9.17, 15) is 15.0 Å². The number of carbonyl (C=O) groups is 1. The van der Waals surface area contributed by atoms with Gasteiger partial charge in [-0.2, -0.15) is 5.10 Å². The average molecular weight is 426 g/mol. The maximum Gasteiger partial charge on any atom is 0.336 e. The number of benzene rings is 2. The summed E-state index contributed by atoms with van der Waals surface area (Å²) < 4.78 is 1.80. The number of fused-ring (bicyclic) bond motifs is 2. The molecule has 1 aliphatic rings. The van der Waals surface area contributed by atoms with Gasteiger partial charge in [0.25, 0.3) is 0 Å². The molecule has 2 heterocycles. The van der Waals surface area contributed by atoms with Crippen molar-refractivity contribution in [1.82, 2.24) is 14.8 Å². The summed E-state index contributed by atoms with van der Waals surface area (Å²) in [6.45, 7) is 0.303. The van der Waals surface area contributed by atoms with Gasteiger partial charge in [0.05, 0.1) is 35.6 Å². The van der Waals surface area contributed by atoms with Crippen molar-refractivity contribution in [1.29, 1.82) is 0 Å². The minimum absolute atomic E-state index is 0.0450. The smallest absolute Gasteiger partial charge is 0.336 e. The molecule has 0 saturated carbocycles. The van der Waals surface area contributed by atoms with E-state index in [1.807, 2.05) is 61.7 Å². The number of aromatic carboxylic acids is 1. The molecule has 2 aromatic heterocycles. The molecular formula is C25H22N4O3.